The van der Waals surface area contributed by atoms with Crippen molar-refractivity contribution in [2.24, 2.45) is 0 Å². The highest BCUT2D eigenvalue weighted by atomic mass is 35.5. The van der Waals surface area contributed by atoms with Gasteiger partial charge in [-0.25, -0.2) is 4.98 Å². The SMILES string of the molecule is COc1cccc(NC(=O)Cc2n[nH]c(Cc3ccc(Cl)cc3)n2)c1. The van der Waals surface area contributed by atoms with Gasteiger partial charge in [0.1, 0.15) is 11.6 Å². The van der Waals surface area contributed by atoms with Crippen LogP contribution in [0.25, 0.3) is 0 Å². The number of hydrogen-bond acceptors (Lipinski definition) is 4. The summed E-state index contributed by atoms with van der Waals surface area (Å²) in [5.41, 5.74) is 1.73. The average Bonchev–Trinajstić information content (AvgIpc) is 3.04. The lowest BCUT2D eigenvalue weighted by Gasteiger charge is -2.05. The molecule has 3 rings (SSSR count). The molecule has 0 unspecified atom stereocenters. The number of aromatic amines is 1. The molecular weight excluding hydrogens is 340 g/mol. The topological polar surface area (TPSA) is 79.9 Å². The Morgan fingerprint density at radius 3 is 2.80 bits per heavy atom. The number of benzene rings is 2. The van der Waals surface area contributed by atoms with Gasteiger partial charge in [-0.15, -0.1) is 0 Å². The van der Waals surface area contributed by atoms with Gasteiger partial charge in [0.05, 0.1) is 13.5 Å². The maximum Gasteiger partial charge on any atom is 0.232 e. The summed E-state index contributed by atoms with van der Waals surface area (Å²) >= 11 is 5.87. The van der Waals surface area contributed by atoms with Crippen molar-refractivity contribution in [1.82, 2.24) is 15.2 Å². The molecule has 1 amide bonds. The van der Waals surface area contributed by atoms with Crippen LogP contribution in [0, 0.1) is 0 Å². The second kappa shape index (κ2) is 7.81. The van der Waals surface area contributed by atoms with E-state index in [-0.39, 0.29) is 12.3 Å². The van der Waals surface area contributed by atoms with E-state index in [2.05, 4.69) is 20.5 Å². The Labute approximate surface area is 150 Å². The molecule has 0 saturated heterocycles. The number of carbonyl (C=O) groups is 1. The molecule has 0 aliphatic rings. The van der Waals surface area contributed by atoms with E-state index >= 15 is 0 Å². The molecule has 0 atom stereocenters. The summed E-state index contributed by atoms with van der Waals surface area (Å²) in [7, 11) is 1.58. The van der Waals surface area contributed by atoms with Crippen LogP contribution >= 0.6 is 11.6 Å². The molecule has 128 valence electrons. The smallest absolute Gasteiger partial charge is 0.232 e. The summed E-state index contributed by atoms with van der Waals surface area (Å²) in [6.07, 6.45) is 0.690. The van der Waals surface area contributed by atoms with Gasteiger partial charge in [0, 0.05) is 23.2 Å². The molecule has 0 aliphatic carbocycles. The first-order valence-electron chi connectivity index (χ1n) is 7.71. The summed E-state index contributed by atoms with van der Waals surface area (Å²) in [6.45, 7) is 0. The van der Waals surface area contributed by atoms with Gasteiger partial charge >= 0.3 is 0 Å². The summed E-state index contributed by atoms with van der Waals surface area (Å²) < 4.78 is 5.13. The van der Waals surface area contributed by atoms with E-state index in [1.54, 1.807) is 19.2 Å². The van der Waals surface area contributed by atoms with Crippen molar-refractivity contribution in [2.75, 3.05) is 12.4 Å². The van der Waals surface area contributed by atoms with Gasteiger partial charge in [0.15, 0.2) is 5.82 Å². The van der Waals surface area contributed by atoms with Gasteiger partial charge < -0.3 is 10.1 Å². The van der Waals surface area contributed by atoms with Gasteiger partial charge in [-0.3, -0.25) is 9.89 Å². The van der Waals surface area contributed by atoms with Crippen LogP contribution in [0.15, 0.2) is 48.5 Å². The lowest BCUT2D eigenvalue weighted by Crippen LogP contribution is -2.15. The third kappa shape index (κ3) is 4.81. The molecular formula is C18H17ClN4O2. The number of aromatic nitrogens is 3. The van der Waals surface area contributed by atoms with Crippen LogP contribution in [0.5, 0.6) is 5.75 Å². The second-order valence-electron chi connectivity index (χ2n) is 5.46. The van der Waals surface area contributed by atoms with Gasteiger partial charge in [0.25, 0.3) is 0 Å². The number of methoxy groups -OCH3 is 1. The Kier molecular flexibility index (Phi) is 5.30. The number of nitrogens with zero attached hydrogens (tertiary/aromatic N) is 2. The number of ether oxygens (including phenoxy) is 1. The van der Waals surface area contributed by atoms with Crippen molar-refractivity contribution in [3.8, 4) is 5.75 Å². The Morgan fingerprint density at radius 1 is 1.24 bits per heavy atom. The third-order valence-corrected chi connectivity index (χ3v) is 3.79. The average molecular weight is 357 g/mol. The largest absolute Gasteiger partial charge is 0.497 e. The molecule has 0 fully saturated rings. The zero-order valence-electron chi connectivity index (χ0n) is 13.6. The van der Waals surface area contributed by atoms with Crippen molar-refractivity contribution < 1.29 is 9.53 Å². The molecule has 7 heteroatoms. The molecule has 6 nitrogen and oxygen atoms in total. The van der Waals surface area contributed by atoms with Crippen molar-refractivity contribution >= 4 is 23.2 Å². The molecule has 2 N–H and O–H groups in total. The van der Waals surface area contributed by atoms with Gasteiger partial charge in [-0.2, -0.15) is 5.10 Å². The molecule has 0 bridgehead atoms. The Bertz CT molecular complexity index is 862. The molecule has 0 saturated carbocycles. The molecule has 1 aromatic heterocycles. The number of hydrogen-bond donors (Lipinski definition) is 2. The molecule has 0 radical (unpaired) electrons. The van der Waals surface area contributed by atoms with Crippen molar-refractivity contribution in [2.45, 2.75) is 12.8 Å². The second-order valence-corrected chi connectivity index (χ2v) is 5.89. The van der Waals surface area contributed by atoms with Crippen LogP contribution in [0.3, 0.4) is 0 Å². The van der Waals surface area contributed by atoms with Crippen LogP contribution in [-0.2, 0) is 17.6 Å². The van der Waals surface area contributed by atoms with Crippen molar-refractivity contribution in [3.05, 3.63) is 70.8 Å². The predicted molar refractivity (Wildman–Crippen MR) is 96.0 cm³/mol. The minimum Gasteiger partial charge on any atom is -0.497 e. The van der Waals surface area contributed by atoms with E-state index in [4.69, 9.17) is 16.3 Å². The van der Waals surface area contributed by atoms with Crippen molar-refractivity contribution in [1.29, 1.82) is 0 Å². The first-order valence-corrected chi connectivity index (χ1v) is 8.08. The van der Waals surface area contributed by atoms with Crippen LogP contribution in [0.1, 0.15) is 17.2 Å². The number of nitrogens with one attached hydrogen (secondary N) is 2. The fourth-order valence-corrected chi connectivity index (χ4v) is 2.46. The number of carbonyl (C=O) groups excluding carboxylic acids is 1. The first-order chi connectivity index (χ1) is 12.1. The lowest BCUT2D eigenvalue weighted by atomic mass is 10.1. The lowest BCUT2D eigenvalue weighted by molar-refractivity contribution is -0.115. The fraction of sp³-hybridized carbons (Fsp3) is 0.167. The van der Waals surface area contributed by atoms with E-state index < -0.39 is 0 Å². The summed E-state index contributed by atoms with van der Waals surface area (Å²) in [5.74, 6) is 1.64. The molecule has 2 aromatic carbocycles. The molecule has 0 spiro atoms. The number of amides is 1. The Morgan fingerprint density at radius 2 is 2.04 bits per heavy atom. The van der Waals surface area contributed by atoms with Crippen LogP contribution in [0.2, 0.25) is 5.02 Å². The molecule has 0 aliphatic heterocycles. The number of rotatable bonds is 6. The molecule has 25 heavy (non-hydrogen) atoms. The summed E-state index contributed by atoms with van der Waals surface area (Å²) in [4.78, 5) is 16.5. The van der Waals surface area contributed by atoms with Crippen LogP contribution in [-0.4, -0.2) is 28.2 Å². The fourth-order valence-electron chi connectivity index (χ4n) is 2.34. The van der Waals surface area contributed by atoms with E-state index in [1.165, 1.54) is 0 Å². The minimum absolute atomic E-state index is 0.0916. The quantitative estimate of drug-likeness (QED) is 0.710. The van der Waals surface area contributed by atoms with Crippen LogP contribution < -0.4 is 10.1 Å². The molecule has 3 aromatic rings. The number of anilines is 1. The monoisotopic (exact) mass is 356 g/mol. The first kappa shape index (κ1) is 17.0. The third-order valence-electron chi connectivity index (χ3n) is 3.54. The van der Waals surface area contributed by atoms with E-state index in [9.17, 15) is 4.79 Å². The van der Waals surface area contributed by atoms with Gasteiger partial charge in [0.2, 0.25) is 5.91 Å². The maximum absolute atomic E-state index is 12.1. The summed E-state index contributed by atoms with van der Waals surface area (Å²) in [6, 6.07) is 14.7. The zero-order chi connectivity index (χ0) is 17.6. The van der Waals surface area contributed by atoms with E-state index in [1.807, 2.05) is 36.4 Å². The summed E-state index contributed by atoms with van der Waals surface area (Å²) in [5, 5.41) is 10.5. The zero-order valence-corrected chi connectivity index (χ0v) is 14.4. The van der Waals surface area contributed by atoms with Crippen LogP contribution in [0.4, 0.5) is 5.69 Å². The highest BCUT2D eigenvalue weighted by molar-refractivity contribution is 6.30. The standard InChI is InChI=1S/C18H17ClN4O2/c1-25-15-4-2-3-14(10-15)20-18(24)11-17-21-16(22-23-17)9-12-5-7-13(19)8-6-12/h2-8,10H,9,11H2,1H3,(H,20,24)(H,21,22,23). The van der Waals surface area contributed by atoms with Crippen molar-refractivity contribution in [3.63, 3.8) is 0 Å². The van der Waals surface area contributed by atoms with E-state index in [0.29, 0.717) is 34.5 Å². The highest BCUT2D eigenvalue weighted by Crippen LogP contribution is 2.17. The highest BCUT2D eigenvalue weighted by Gasteiger charge is 2.10. The Hall–Kier alpha value is -2.86. The number of halogens is 1. The van der Waals surface area contributed by atoms with E-state index in [0.717, 1.165) is 5.56 Å². The normalized spacial score (nSPS) is 10.5. The maximum atomic E-state index is 12.1. The minimum atomic E-state index is -0.190. The van der Waals surface area contributed by atoms with Gasteiger partial charge in [-0.1, -0.05) is 29.8 Å². The predicted octanol–water partition coefficient (Wildman–Crippen LogP) is 3.24. The Balaban J connectivity index is 1.58. The molecule has 1 heterocycles. The van der Waals surface area contributed by atoms with Gasteiger partial charge in [-0.05, 0) is 29.8 Å². The number of H-pyrrole nitrogens is 1.